The molecule has 0 radical (unpaired) electrons. The number of aromatic nitrogens is 4. The van der Waals surface area contributed by atoms with Gasteiger partial charge in [0.2, 0.25) is 5.89 Å². The van der Waals surface area contributed by atoms with Gasteiger partial charge in [-0.15, -0.1) is 0 Å². The second-order valence-corrected chi connectivity index (χ2v) is 8.52. The Morgan fingerprint density at radius 2 is 2.03 bits per heavy atom. The first-order valence-electron chi connectivity index (χ1n) is 10.7. The number of oxazole rings is 1. The summed E-state index contributed by atoms with van der Waals surface area (Å²) >= 11 is 0. The molecule has 1 aliphatic heterocycles. The Hall–Kier alpha value is -3.42. The minimum atomic E-state index is 0.335. The van der Waals surface area contributed by atoms with Crippen molar-refractivity contribution in [2.24, 2.45) is 12.5 Å². The lowest BCUT2D eigenvalue weighted by molar-refractivity contribution is -0.104. The smallest absolute Gasteiger partial charge is 0.228 e. The SMILES string of the molecule is Cn1c(C2=CCC3(CC2)CCN(C=CC=O)CC3)c(-c2ncco2)c2c(N)ncnc21. The number of piperidine rings is 1. The van der Waals surface area contributed by atoms with Gasteiger partial charge < -0.3 is 19.6 Å². The van der Waals surface area contributed by atoms with Crippen LogP contribution < -0.4 is 5.73 Å². The van der Waals surface area contributed by atoms with Gasteiger partial charge in [0.15, 0.2) is 0 Å². The van der Waals surface area contributed by atoms with Crippen molar-refractivity contribution in [3.63, 3.8) is 0 Å². The van der Waals surface area contributed by atoms with Crippen molar-refractivity contribution in [2.75, 3.05) is 18.8 Å². The molecule has 5 rings (SSSR count). The lowest BCUT2D eigenvalue weighted by Gasteiger charge is -2.43. The van der Waals surface area contributed by atoms with Gasteiger partial charge in [0.25, 0.3) is 0 Å². The van der Waals surface area contributed by atoms with Crippen LogP contribution in [0, 0.1) is 5.41 Å². The largest absolute Gasteiger partial charge is 0.444 e. The van der Waals surface area contributed by atoms with E-state index in [4.69, 9.17) is 10.2 Å². The fraction of sp³-hybridized carbons (Fsp3) is 0.391. The first-order valence-corrected chi connectivity index (χ1v) is 10.7. The fourth-order valence-electron chi connectivity index (χ4n) is 5.12. The molecule has 0 amide bonds. The van der Waals surface area contributed by atoms with Crippen LogP contribution in [0.25, 0.3) is 28.1 Å². The zero-order valence-corrected chi connectivity index (χ0v) is 17.6. The highest BCUT2D eigenvalue weighted by Crippen LogP contribution is 2.48. The molecule has 1 aliphatic carbocycles. The molecule has 1 spiro atoms. The molecule has 2 aliphatic rings. The third-order valence-electron chi connectivity index (χ3n) is 6.89. The third-order valence-corrected chi connectivity index (χ3v) is 6.89. The van der Waals surface area contributed by atoms with Crippen LogP contribution in [0.15, 0.2) is 41.6 Å². The number of carbonyl (C=O) groups excluding carboxylic acids is 1. The summed E-state index contributed by atoms with van der Waals surface area (Å²) in [7, 11) is 2.01. The summed E-state index contributed by atoms with van der Waals surface area (Å²) in [5.74, 6) is 0.974. The first-order chi connectivity index (χ1) is 15.1. The molecule has 1 fully saturated rings. The number of aldehydes is 1. The van der Waals surface area contributed by atoms with E-state index >= 15 is 0 Å². The highest BCUT2D eigenvalue weighted by atomic mass is 16.3. The zero-order chi connectivity index (χ0) is 21.4. The van der Waals surface area contributed by atoms with Gasteiger partial charge in [-0.05, 0) is 49.2 Å². The Morgan fingerprint density at radius 3 is 2.71 bits per heavy atom. The summed E-state index contributed by atoms with van der Waals surface area (Å²) in [6.07, 6.45) is 16.9. The molecule has 8 nitrogen and oxygen atoms in total. The molecule has 2 N–H and O–H groups in total. The Balaban J connectivity index is 1.50. The Kier molecular flexibility index (Phi) is 4.84. The summed E-state index contributed by atoms with van der Waals surface area (Å²) in [6.45, 7) is 1.99. The van der Waals surface area contributed by atoms with E-state index in [1.54, 1.807) is 18.5 Å². The van der Waals surface area contributed by atoms with Crippen LogP contribution in [-0.2, 0) is 11.8 Å². The maximum Gasteiger partial charge on any atom is 0.228 e. The predicted octanol–water partition coefficient (Wildman–Crippen LogP) is 3.57. The van der Waals surface area contributed by atoms with Crippen LogP contribution >= 0.6 is 0 Å². The van der Waals surface area contributed by atoms with Gasteiger partial charge in [-0.3, -0.25) is 4.79 Å². The molecule has 0 aromatic carbocycles. The van der Waals surface area contributed by atoms with Crippen LogP contribution in [0.4, 0.5) is 5.82 Å². The maximum atomic E-state index is 10.6. The number of hydrogen-bond donors (Lipinski definition) is 1. The fourth-order valence-corrected chi connectivity index (χ4v) is 5.12. The molecule has 160 valence electrons. The van der Waals surface area contributed by atoms with E-state index in [1.165, 1.54) is 11.9 Å². The van der Waals surface area contributed by atoms with E-state index in [0.717, 1.165) is 73.8 Å². The van der Waals surface area contributed by atoms with Crippen LogP contribution in [0.5, 0.6) is 0 Å². The first kappa shape index (κ1) is 19.5. The molecule has 0 unspecified atom stereocenters. The van der Waals surface area contributed by atoms with Gasteiger partial charge in [0, 0.05) is 26.3 Å². The monoisotopic (exact) mass is 418 g/mol. The predicted molar refractivity (Wildman–Crippen MR) is 119 cm³/mol. The topological polar surface area (TPSA) is 103 Å². The van der Waals surface area contributed by atoms with E-state index < -0.39 is 0 Å². The minimum absolute atomic E-state index is 0.335. The van der Waals surface area contributed by atoms with Gasteiger partial charge in [-0.2, -0.15) is 0 Å². The van der Waals surface area contributed by atoms with Gasteiger partial charge in [-0.1, -0.05) is 6.08 Å². The van der Waals surface area contributed by atoms with Crippen LogP contribution in [0.3, 0.4) is 0 Å². The Labute approximate surface area is 180 Å². The van der Waals surface area contributed by atoms with Crippen LogP contribution in [0.1, 0.15) is 37.8 Å². The number of nitrogen functional groups attached to an aromatic ring is 1. The molecule has 0 atom stereocenters. The molecule has 1 saturated heterocycles. The summed E-state index contributed by atoms with van der Waals surface area (Å²) < 4.78 is 7.77. The van der Waals surface area contributed by atoms with Crippen molar-refractivity contribution in [3.05, 3.63) is 42.8 Å². The average molecular weight is 419 g/mol. The number of nitrogens with zero attached hydrogens (tertiary/aromatic N) is 5. The Bertz CT molecular complexity index is 1170. The highest BCUT2D eigenvalue weighted by molar-refractivity contribution is 6.04. The molecular formula is C23H26N6O2. The van der Waals surface area contributed by atoms with E-state index in [1.807, 2.05) is 13.2 Å². The number of fused-ring (bicyclic) bond motifs is 1. The number of aryl methyl sites for hydroxylation is 1. The standard InChI is InChI=1S/C23H26N6O2/c1-28-19(17(22-25-9-14-31-22)18-20(24)26-15-27-21(18)28)16-3-5-23(6-4-16)7-11-29(12-8-23)10-2-13-30/h2-3,9-10,13-15H,4-8,11-12H2,1H3,(H2,24,26,27). The number of anilines is 1. The van der Waals surface area contributed by atoms with Gasteiger partial charge >= 0.3 is 0 Å². The zero-order valence-electron chi connectivity index (χ0n) is 17.6. The third kappa shape index (κ3) is 3.32. The molecule has 3 aromatic heterocycles. The molecule has 31 heavy (non-hydrogen) atoms. The highest BCUT2D eigenvalue weighted by Gasteiger charge is 2.36. The quantitative estimate of drug-likeness (QED) is 0.510. The normalized spacial score (nSPS) is 18.7. The van der Waals surface area contributed by atoms with E-state index in [0.29, 0.717) is 17.1 Å². The van der Waals surface area contributed by atoms with Gasteiger partial charge in [0.1, 0.15) is 30.3 Å². The Morgan fingerprint density at radius 1 is 1.19 bits per heavy atom. The van der Waals surface area contributed by atoms with E-state index in [9.17, 15) is 4.79 Å². The van der Waals surface area contributed by atoms with Crippen molar-refractivity contribution in [1.29, 1.82) is 0 Å². The van der Waals surface area contributed by atoms with E-state index in [2.05, 4.69) is 30.5 Å². The van der Waals surface area contributed by atoms with E-state index in [-0.39, 0.29) is 0 Å². The van der Waals surface area contributed by atoms with Crippen molar-refractivity contribution in [1.82, 2.24) is 24.4 Å². The number of nitrogens with two attached hydrogens (primary N) is 1. The van der Waals surface area contributed by atoms with Gasteiger partial charge in [-0.25, -0.2) is 15.0 Å². The number of hydrogen-bond acceptors (Lipinski definition) is 7. The number of carbonyl (C=O) groups is 1. The van der Waals surface area contributed by atoms with Gasteiger partial charge in [0.05, 0.1) is 22.8 Å². The van der Waals surface area contributed by atoms with Crippen LogP contribution in [0.2, 0.25) is 0 Å². The van der Waals surface area contributed by atoms with Crippen molar-refractivity contribution in [3.8, 4) is 11.5 Å². The summed E-state index contributed by atoms with van der Waals surface area (Å²) in [4.78, 5) is 25.9. The minimum Gasteiger partial charge on any atom is -0.444 e. The second-order valence-electron chi connectivity index (χ2n) is 8.52. The average Bonchev–Trinajstić information content (AvgIpc) is 3.42. The molecule has 0 saturated carbocycles. The molecule has 4 heterocycles. The summed E-state index contributed by atoms with van der Waals surface area (Å²) in [6, 6.07) is 0. The summed E-state index contributed by atoms with van der Waals surface area (Å²) in [5, 5.41) is 0.791. The van der Waals surface area contributed by atoms with Crippen molar-refractivity contribution >= 4 is 28.7 Å². The second kappa shape index (κ2) is 7.68. The molecular weight excluding hydrogens is 392 g/mol. The number of allylic oxidation sites excluding steroid dienone is 3. The lowest BCUT2D eigenvalue weighted by atomic mass is 9.68. The van der Waals surface area contributed by atoms with Crippen molar-refractivity contribution in [2.45, 2.75) is 32.1 Å². The van der Waals surface area contributed by atoms with Crippen molar-refractivity contribution < 1.29 is 9.21 Å². The molecule has 8 heteroatoms. The number of likely N-dealkylation sites (tertiary alicyclic amines) is 1. The lowest BCUT2D eigenvalue weighted by Crippen LogP contribution is -2.38. The molecule has 0 bridgehead atoms. The number of rotatable bonds is 4. The molecule has 3 aromatic rings. The summed E-state index contributed by atoms with van der Waals surface area (Å²) in [5.41, 5.74) is 10.6. The maximum absolute atomic E-state index is 10.6. The van der Waals surface area contributed by atoms with Crippen LogP contribution in [-0.4, -0.2) is 43.8 Å².